The minimum absolute atomic E-state index is 0.288. The number of aromatic nitrogens is 1. The molecule has 168 valence electrons. The van der Waals surface area contributed by atoms with Crippen molar-refractivity contribution in [2.45, 2.75) is 37.6 Å². The van der Waals surface area contributed by atoms with E-state index in [0.717, 1.165) is 32.1 Å². The minimum Gasteiger partial charge on any atom is -0.493 e. The summed E-state index contributed by atoms with van der Waals surface area (Å²) >= 11 is 0. The Hall–Kier alpha value is -3.73. The third-order valence-corrected chi connectivity index (χ3v) is 5.46. The van der Waals surface area contributed by atoms with Gasteiger partial charge in [-0.15, -0.1) is 0 Å². The summed E-state index contributed by atoms with van der Waals surface area (Å²) in [6, 6.07) is 4.82. The summed E-state index contributed by atoms with van der Waals surface area (Å²) in [5.74, 6) is 6.66. The summed E-state index contributed by atoms with van der Waals surface area (Å²) in [5, 5.41) is 3.12. The summed E-state index contributed by atoms with van der Waals surface area (Å²) in [7, 11) is 4.51. The number of hydrogen-bond donors (Lipinski definition) is 2. The number of amides is 2. The van der Waals surface area contributed by atoms with Crippen LogP contribution in [0, 0.1) is 11.8 Å². The molecule has 8 nitrogen and oxygen atoms in total. The summed E-state index contributed by atoms with van der Waals surface area (Å²) in [4.78, 5) is 28.7. The van der Waals surface area contributed by atoms with Crippen LogP contribution in [0.4, 0.5) is 0 Å². The van der Waals surface area contributed by atoms with E-state index in [1.165, 1.54) is 27.5 Å². The van der Waals surface area contributed by atoms with Crippen LogP contribution in [0.2, 0.25) is 0 Å². The lowest BCUT2D eigenvalue weighted by molar-refractivity contribution is 0.0902. The molecule has 0 radical (unpaired) electrons. The van der Waals surface area contributed by atoms with Gasteiger partial charge in [-0.1, -0.05) is 31.1 Å². The number of nitrogens with two attached hydrogens (primary N) is 1. The molecule has 0 spiro atoms. The molecule has 2 aromatic rings. The van der Waals surface area contributed by atoms with Crippen molar-refractivity contribution in [1.82, 2.24) is 10.3 Å². The van der Waals surface area contributed by atoms with Gasteiger partial charge in [0.25, 0.3) is 5.91 Å². The van der Waals surface area contributed by atoms with Gasteiger partial charge in [0.1, 0.15) is 5.54 Å². The van der Waals surface area contributed by atoms with Gasteiger partial charge in [-0.3, -0.25) is 14.6 Å². The highest BCUT2D eigenvalue weighted by Crippen LogP contribution is 2.38. The fourth-order valence-corrected chi connectivity index (χ4v) is 3.77. The average Bonchev–Trinajstić information content (AvgIpc) is 2.82. The van der Waals surface area contributed by atoms with Crippen LogP contribution >= 0.6 is 0 Å². The van der Waals surface area contributed by atoms with E-state index >= 15 is 0 Å². The molecule has 3 rings (SSSR count). The first-order chi connectivity index (χ1) is 15.4. The number of ether oxygens (including phenoxy) is 3. The zero-order valence-electron chi connectivity index (χ0n) is 18.5. The maximum Gasteiger partial charge on any atom is 0.252 e. The Labute approximate surface area is 187 Å². The molecule has 1 aliphatic rings. The third-order valence-electron chi connectivity index (χ3n) is 5.46. The molecule has 32 heavy (non-hydrogen) atoms. The molecular formula is C24H27N3O5. The number of primary amides is 1. The van der Waals surface area contributed by atoms with E-state index in [9.17, 15) is 9.59 Å². The van der Waals surface area contributed by atoms with Crippen molar-refractivity contribution in [3.63, 3.8) is 0 Å². The lowest BCUT2D eigenvalue weighted by Gasteiger charge is -2.33. The molecule has 3 N–H and O–H groups in total. The Balaban J connectivity index is 1.92. The number of nitrogens with one attached hydrogen (secondary N) is 1. The molecule has 8 heteroatoms. The van der Waals surface area contributed by atoms with Crippen LogP contribution in [-0.4, -0.2) is 43.7 Å². The van der Waals surface area contributed by atoms with Crippen molar-refractivity contribution in [2.24, 2.45) is 5.73 Å². The number of benzene rings is 1. The molecule has 0 atom stereocenters. The van der Waals surface area contributed by atoms with Gasteiger partial charge in [0, 0.05) is 23.5 Å². The first-order valence-electron chi connectivity index (χ1n) is 10.3. The Morgan fingerprint density at radius 1 is 0.969 bits per heavy atom. The number of methoxy groups -OCH3 is 3. The molecule has 1 fully saturated rings. The SMILES string of the molecule is COc1cc(C(=O)NC2(C#Cc3cncc(C(N)=O)c3)CCCCC2)cc(OC)c1OC. The van der Waals surface area contributed by atoms with Gasteiger partial charge in [-0.25, -0.2) is 0 Å². The predicted molar refractivity (Wildman–Crippen MR) is 119 cm³/mol. The van der Waals surface area contributed by atoms with E-state index in [0.29, 0.717) is 28.4 Å². The fraction of sp³-hybridized carbons (Fsp3) is 0.375. The maximum atomic E-state index is 13.2. The number of hydrogen-bond acceptors (Lipinski definition) is 6. The van der Waals surface area contributed by atoms with E-state index in [-0.39, 0.29) is 11.5 Å². The standard InChI is InChI=1S/C24H27N3O5/c1-30-19-12-17(13-20(31-2)21(19)32-3)23(29)27-24(8-5-4-6-9-24)10-7-16-11-18(22(25)28)15-26-14-16/h11-15H,4-6,8-9H2,1-3H3,(H2,25,28)(H,27,29). The highest BCUT2D eigenvalue weighted by atomic mass is 16.5. The summed E-state index contributed by atoms with van der Waals surface area (Å²) in [6.07, 6.45) is 7.39. The highest BCUT2D eigenvalue weighted by molar-refractivity contribution is 5.96. The molecule has 1 aromatic heterocycles. The Morgan fingerprint density at radius 2 is 1.62 bits per heavy atom. The second-order valence-electron chi connectivity index (χ2n) is 7.59. The zero-order chi connectivity index (χ0) is 23.1. The van der Waals surface area contributed by atoms with E-state index in [4.69, 9.17) is 19.9 Å². The smallest absolute Gasteiger partial charge is 0.252 e. The number of carbonyl (C=O) groups is 2. The van der Waals surface area contributed by atoms with Crippen molar-refractivity contribution in [3.8, 4) is 29.1 Å². The molecule has 0 unspecified atom stereocenters. The van der Waals surface area contributed by atoms with Gasteiger partial charge in [0.15, 0.2) is 11.5 Å². The van der Waals surface area contributed by atoms with E-state index < -0.39 is 11.4 Å². The van der Waals surface area contributed by atoms with Gasteiger partial charge < -0.3 is 25.3 Å². The topological polar surface area (TPSA) is 113 Å². The van der Waals surface area contributed by atoms with Gasteiger partial charge in [-0.05, 0) is 31.0 Å². The number of pyridine rings is 1. The van der Waals surface area contributed by atoms with Gasteiger partial charge in [0.2, 0.25) is 11.7 Å². The molecule has 1 heterocycles. The Bertz CT molecular complexity index is 1040. The molecular weight excluding hydrogens is 410 g/mol. The van der Waals surface area contributed by atoms with Gasteiger partial charge >= 0.3 is 0 Å². The third kappa shape index (κ3) is 5.11. The van der Waals surface area contributed by atoms with Crippen molar-refractivity contribution < 1.29 is 23.8 Å². The predicted octanol–water partition coefficient (Wildman–Crippen LogP) is 2.69. The highest BCUT2D eigenvalue weighted by Gasteiger charge is 2.32. The second-order valence-corrected chi connectivity index (χ2v) is 7.59. The summed E-state index contributed by atoms with van der Waals surface area (Å²) in [5.41, 5.74) is 5.87. The van der Waals surface area contributed by atoms with E-state index in [2.05, 4.69) is 22.1 Å². The van der Waals surface area contributed by atoms with Gasteiger partial charge in [0.05, 0.1) is 26.9 Å². The van der Waals surface area contributed by atoms with Crippen molar-refractivity contribution in [2.75, 3.05) is 21.3 Å². The Kier molecular flexibility index (Phi) is 7.21. The quantitative estimate of drug-likeness (QED) is 0.672. The van der Waals surface area contributed by atoms with Crippen LogP contribution in [-0.2, 0) is 0 Å². The van der Waals surface area contributed by atoms with Crippen LogP contribution < -0.4 is 25.3 Å². The van der Waals surface area contributed by atoms with Crippen molar-refractivity contribution >= 4 is 11.8 Å². The first-order valence-corrected chi connectivity index (χ1v) is 10.3. The van der Waals surface area contributed by atoms with Crippen LogP contribution in [0.3, 0.4) is 0 Å². The van der Waals surface area contributed by atoms with E-state index in [1.54, 1.807) is 24.4 Å². The normalized spacial score (nSPS) is 14.5. The molecule has 1 saturated carbocycles. The van der Waals surface area contributed by atoms with Crippen LogP contribution in [0.25, 0.3) is 0 Å². The van der Waals surface area contributed by atoms with Crippen LogP contribution in [0.1, 0.15) is 58.4 Å². The summed E-state index contributed by atoms with van der Waals surface area (Å²) < 4.78 is 16.1. The molecule has 2 amide bonds. The monoisotopic (exact) mass is 437 g/mol. The van der Waals surface area contributed by atoms with Crippen molar-refractivity contribution in [3.05, 3.63) is 47.3 Å². The lowest BCUT2D eigenvalue weighted by Crippen LogP contribution is -2.48. The molecule has 0 saturated heterocycles. The van der Waals surface area contributed by atoms with E-state index in [1.807, 2.05) is 0 Å². The fourth-order valence-electron chi connectivity index (χ4n) is 3.77. The molecule has 0 aliphatic heterocycles. The molecule has 1 aliphatic carbocycles. The number of carbonyl (C=O) groups excluding carboxylic acids is 2. The summed E-state index contributed by atoms with van der Waals surface area (Å²) in [6.45, 7) is 0. The van der Waals surface area contributed by atoms with Crippen LogP contribution in [0.15, 0.2) is 30.6 Å². The Morgan fingerprint density at radius 3 is 2.19 bits per heavy atom. The largest absolute Gasteiger partial charge is 0.493 e. The zero-order valence-corrected chi connectivity index (χ0v) is 18.5. The number of nitrogens with zero attached hydrogens (tertiary/aromatic N) is 1. The van der Waals surface area contributed by atoms with Crippen molar-refractivity contribution in [1.29, 1.82) is 0 Å². The van der Waals surface area contributed by atoms with Gasteiger partial charge in [-0.2, -0.15) is 0 Å². The molecule has 0 bridgehead atoms. The second kappa shape index (κ2) is 10.1. The molecule has 1 aromatic carbocycles. The maximum absolute atomic E-state index is 13.2. The van der Waals surface area contributed by atoms with Crippen LogP contribution in [0.5, 0.6) is 17.2 Å². The first kappa shape index (κ1) is 22.9. The minimum atomic E-state index is -0.696. The average molecular weight is 437 g/mol. The number of rotatable bonds is 6. The lowest BCUT2D eigenvalue weighted by atomic mass is 9.81.